The highest BCUT2D eigenvalue weighted by Gasteiger charge is 2.17. The van der Waals surface area contributed by atoms with E-state index in [9.17, 15) is 19.1 Å². The number of carbonyl (C=O) groups is 2. The number of aromatic nitrogens is 1. The predicted octanol–water partition coefficient (Wildman–Crippen LogP) is 1.88. The van der Waals surface area contributed by atoms with Gasteiger partial charge in [-0.25, -0.2) is 9.18 Å². The van der Waals surface area contributed by atoms with Crippen LogP contribution in [-0.4, -0.2) is 27.1 Å². The smallest absolute Gasteiger partial charge is 0.337 e. The van der Waals surface area contributed by atoms with E-state index in [2.05, 4.69) is 10.3 Å². The number of para-hydroxylation sites is 1. The van der Waals surface area contributed by atoms with Crippen LogP contribution >= 0.6 is 0 Å². The maximum absolute atomic E-state index is 13.6. The SMILES string of the molecule is O=C(Nc1c(F)cccc1C(=O)O)c1cncc(O)c1. The number of pyridine rings is 1. The lowest BCUT2D eigenvalue weighted by Crippen LogP contribution is -2.16. The minimum atomic E-state index is -1.37. The number of carbonyl (C=O) groups excluding carboxylic acids is 1. The minimum Gasteiger partial charge on any atom is -0.506 e. The summed E-state index contributed by atoms with van der Waals surface area (Å²) in [4.78, 5) is 26.5. The highest BCUT2D eigenvalue weighted by atomic mass is 19.1. The van der Waals surface area contributed by atoms with Gasteiger partial charge in [-0.3, -0.25) is 9.78 Å². The van der Waals surface area contributed by atoms with E-state index in [0.717, 1.165) is 24.5 Å². The van der Waals surface area contributed by atoms with E-state index in [0.29, 0.717) is 0 Å². The summed E-state index contributed by atoms with van der Waals surface area (Å²) >= 11 is 0. The molecule has 0 saturated heterocycles. The number of halogens is 1. The molecule has 2 rings (SSSR count). The average Bonchev–Trinajstić information content (AvgIpc) is 2.40. The molecule has 2 aromatic rings. The average molecular weight is 276 g/mol. The molecule has 20 heavy (non-hydrogen) atoms. The molecule has 0 aliphatic rings. The Morgan fingerprint density at radius 2 is 2.00 bits per heavy atom. The molecule has 0 bridgehead atoms. The first-order valence-corrected chi connectivity index (χ1v) is 5.46. The summed E-state index contributed by atoms with van der Waals surface area (Å²) in [6, 6.07) is 4.55. The van der Waals surface area contributed by atoms with Crippen LogP contribution in [0.5, 0.6) is 5.75 Å². The van der Waals surface area contributed by atoms with Gasteiger partial charge in [0.05, 0.1) is 23.0 Å². The molecule has 0 aliphatic heterocycles. The van der Waals surface area contributed by atoms with Crippen molar-refractivity contribution in [1.82, 2.24) is 4.98 Å². The van der Waals surface area contributed by atoms with E-state index in [1.165, 1.54) is 12.1 Å². The number of aromatic hydroxyl groups is 1. The van der Waals surface area contributed by atoms with Crippen molar-refractivity contribution < 1.29 is 24.2 Å². The van der Waals surface area contributed by atoms with Crippen LogP contribution in [0.1, 0.15) is 20.7 Å². The minimum absolute atomic E-state index is 0.0235. The highest BCUT2D eigenvalue weighted by Crippen LogP contribution is 2.21. The lowest BCUT2D eigenvalue weighted by atomic mass is 10.1. The zero-order valence-corrected chi connectivity index (χ0v) is 10.0. The van der Waals surface area contributed by atoms with Crippen LogP contribution in [0.4, 0.5) is 10.1 Å². The Kier molecular flexibility index (Phi) is 3.60. The van der Waals surface area contributed by atoms with Crippen molar-refractivity contribution in [1.29, 1.82) is 0 Å². The fourth-order valence-electron chi connectivity index (χ4n) is 1.57. The van der Waals surface area contributed by atoms with Crippen LogP contribution in [-0.2, 0) is 0 Å². The van der Waals surface area contributed by atoms with E-state index in [1.54, 1.807) is 0 Å². The molecular formula is C13H9FN2O4. The normalized spacial score (nSPS) is 10.1. The van der Waals surface area contributed by atoms with E-state index in [1.807, 2.05) is 0 Å². The van der Waals surface area contributed by atoms with Crippen molar-refractivity contribution in [3.8, 4) is 5.75 Å². The number of anilines is 1. The molecule has 0 unspecified atom stereocenters. The van der Waals surface area contributed by atoms with Crippen LogP contribution in [0, 0.1) is 5.82 Å². The molecule has 102 valence electrons. The quantitative estimate of drug-likeness (QED) is 0.794. The highest BCUT2D eigenvalue weighted by molar-refractivity contribution is 6.07. The largest absolute Gasteiger partial charge is 0.506 e. The van der Waals surface area contributed by atoms with Crippen molar-refractivity contribution in [3.63, 3.8) is 0 Å². The number of amides is 1. The third kappa shape index (κ3) is 2.72. The van der Waals surface area contributed by atoms with Gasteiger partial charge in [-0.15, -0.1) is 0 Å². The first-order valence-electron chi connectivity index (χ1n) is 5.46. The Morgan fingerprint density at radius 3 is 2.65 bits per heavy atom. The van der Waals surface area contributed by atoms with Gasteiger partial charge in [-0.2, -0.15) is 0 Å². The maximum atomic E-state index is 13.6. The van der Waals surface area contributed by atoms with Crippen molar-refractivity contribution in [2.24, 2.45) is 0 Å². The molecule has 0 aliphatic carbocycles. The number of carboxylic acid groups (broad SMARTS) is 1. The van der Waals surface area contributed by atoms with E-state index in [4.69, 9.17) is 5.11 Å². The maximum Gasteiger partial charge on any atom is 0.337 e. The number of hydrogen-bond acceptors (Lipinski definition) is 4. The molecule has 1 aromatic heterocycles. The summed E-state index contributed by atoms with van der Waals surface area (Å²) < 4.78 is 13.6. The van der Waals surface area contributed by atoms with Crippen molar-refractivity contribution in [3.05, 3.63) is 53.6 Å². The third-order valence-electron chi connectivity index (χ3n) is 2.47. The predicted molar refractivity (Wildman–Crippen MR) is 67.2 cm³/mol. The Morgan fingerprint density at radius 1 is 1.25 bits per heavy atom. The second-order valence-electron chi connectivity index (χ2n) is 3.85. The molecule has 0 atom stereocenters. The molecule has 0 saturated carbocycles. The molecule has 7 heteroatoms. The summed E-state index contributed by atoms with van der Waals surface area (Å²) in [7, 11) is 0. The van der Waals surface area contributed by atoms with E-state index in [-0.39, 0.29) is 16.9 Å². The molecular weight excluding hydrogens is 267 g/mol. The Hall–Kier alpha value is -2.96. The number of nitrogens with one attached hydrogen (secondary N) is 1. The number of carboxylic acids is 1. The number of nitrogens with zero attached hydrogens (tertiary/aromatic N) is 1. The molecule has 1 aromatic carbocycles. The van der Waals surface area contributed by atoms with Crippen LogP contribution in [0.25, 0.3) is 0 Å². The monoisotopic (exact) mass is 276 g/mol. The first kappa shape index (κ1) is 13.5. The fourth-order valence-corrected chi connectivity index (χ4v) is 1.57. The van der Waals surface area contributed by atoms with Crippen molar-refractivity contribution >= 4 is 17.6 Å². The number of hydrogen-bond donors (Lipinski definition) is 3. The second kappa shape index (κ2) is 5.35. The third-order valence-corrected chi connectivity index (χ3v) is 2.47. The number of rotatable bonds is 3. The summed E-state index contributed by atoms with van der Waals surface area (Å²) in [5.41, 5.74) is -0.829. The second-order valence-corrected chi connectivity index (χ2v) is 3.85. The summed E-state index contributed by atoms with van der Waals surface area (Å²) in [6.07, 6.45) is 2.29. The standard InChI is InChI=1S/C13H9FN2O4/c14-10-3-1-2-9(13(19)20)11(10)16-12(18)7-4-8(17)6-15-5-7/h1-6,17H,(H,16,18)(H,19,20). The van der Waals surface area contributed by atoms with E-state index >= 15 is 0 Å². The van der Waals surface area contributed by atoms with E-state index < -0.39 is 23.4 Å². The van der Waals surface area contributed by atoms with Crippen LogP contribution in [0.15, 0.2) is 36.7 Å². The molecule has 3 N–H and O–H groups in total. The summed E-state index contributed by atoms with van der Waals surface area (Å²) in [6.45, 7) is 0. The van der Waals surface area contributed by atoms with Gasteiger partial charge in [0.1, 0.15) is 11.6 Å². The summed E-state index contributed by atoms with van der Waals surface area (Å²) in [5, 5.41) is 20.3. The van der Waals surface area contributed by atoms with Gasteiger partial charge >= 0.3 is 5.97 Å². The fraction of sp³-hybridized carbons (Fsp3) is 0. The molecule has 0 radical (unpaired) electrons. The van der Waals surface area contributed by atoms with Gasteiger partial charge in [0.2, 0.25) is 0 Å². The first-order chi connectivity index (χ1) is 9.49. The Balaban J connectivity index is 2.35. The van der Waals surface area contributed by atoms with Gasteiger partial charge < -0.3 is 15.5 Å². The van der Waals surface area contributed by atoms with Crippen LogP contribution < -0.4 is 5.32 Å². The van der Waals surface area contributed by atoms with Gasteiger partial charge in [0.15, 0.2) is 0 Å². The van der Waals surface area contributed by atoms with Gasteiger partial charge in [0, 0.05) is 6.20 Å². The Bertz CT molecular complexity index is 688. The van der Waals surface area contributed by atoms with Gasteiger partial charge in [0.25, 0.3) is 5.91 Å². The van der Waals surface area contributed by atoms with Gasteiger partial charge in [-0.05, 0) is 18.2 Å². The zero-order chi connectivity index (χ0) is 14.7. The molecule has 0 fully saturated rings. The lowest BCUT2D eigenvalue weighted by molar-refractivity contribution is 0.0697. The zero-order valence-electron chi connectivity index (χ0n) is 10.0. The van der Waals surface area contributed by atoms with Crippen LogP contribution in [0.2, 0.25) is 0 Å². The lowest BCUT2D eigenvalue weighted by Gasteiger charge is -2.09. The molecule has 0 spiro atoms. The van der Waals surface area contributed by atoms with Crippen molar-refractivity contribution in [2.75, 3.05) is 5.32 Å². The molecule has 1 heterocycles. The topological polar surface area (TPSA) is 99.5 Å². The molecule has 6 nitrogen and oxygen atoms in total. The van der Waals surface area contributed by atoms with Gasteiger partial charge in [-0.1, -0.05) is 6.07 Å². The summed E-state index contributed by atoms with van der Waals surface area (Å²) in [5.74, 6) is -3.24. The Labute approximate surface area is 112 Å². The number of aromatic carboxylic acids is 1. The van der Waals surface area contributed by atoms with Crippen molar-refractivity contribution in [2.45, 2.75) is 0 Å². The number of benzene rings is 1. The molecule has 1 amide bonds. The van der Waals surface area contributed by atoms with Crippen LogP contribution in [0.3, 0.4) is 0 Å².